The molecule has 2 fully saturated rings. The Morgan fingerprint density at radius 1 is 1.43 bits per heavy atom. The van der Waals surface area contributed by atoms with Crippen LogP contribution in [0, 0.1) is 17.7 Å². The predicted molar refractivity (Wildman–Crippen MR) is 79.7 cm³/mol. The van der Waals surface area contributed by atoms with Crippen molar-refractivity contribution in [1.29, 1.82) is 0 Å². The van der Waals surface area contributed by atoms with E-state index < -0.39 is 5.82 Å². The molecule has 4 nitrogen and oxygen atoms in total. The van der Waals surface area contributed by atoms with Crippen molar-refractivity contribution in [3.63, 3.8) is 0 Å². The average molecular weight is 291 g/mol. The lowest BCUT2D eigenvalue weighted by Gasteiger charge is -2.18. The third-order valence-corrected chi connectivity index (χ3v) is 4.68. The molecular formula is C16H22FN3O. The van der Waals surface area contributed by atoms with Gasteiger partial charge in [0.15, 0.2) is 11.6 Å². The molecule has 5 heteroatoms. The number of pyridine rings is 1. The van der Waals surface area contributed by atoms with Crippen LogP contribution >= 0.6 is 0 Å². The molecule has 1 amide bonds. The molecule has 2 atom stereocenters. The molecule has 0 spiro atoms. The first kappa shape index (κ1) is 14.3. The number of halogens is 1. The zero-order valence-electron chi connectivity index (χ0n) is 12.4. The molecule has 2 aliphatic rings. The highest BCUT2D eigenvalue weighted by Crippen LogP contribution is 2.38. The van der Waals surface area contributed by atoms with Crippen LogP contribution in [-0.2, 0) is 0 Å². The van der Waals surface area contributed by atoms with Gasteiger partial charge in [0, 0.05) is 25.8 Å². The second-order valence-electron chi connectivity index (χ2n) is 6.11. The van der Waals surface area contributed by atoms with E-state index in [-0.39, 0.29) is 17.3 Å². The van der Waals surface area contributed by atoms with Gasteiger partial charge in [-0.1, -0.05) is 13.3 Å². The number of amides is 1. The SMILES string of the molecule is CCCNc1nccc(C(=O)N2CC3CCCC3C2)c1F. The molecule has 1 saturated heterocycles. The number of carbonyl (C=O) groups is 1. The fourth-order valence-corrected chi connectivity index (χ4v) is 3.55. The molecule has 2 heterocycles. The van der Waals surface area contributed by atoms with Crippen LogP contribution in [0.4, 0.5) is 10.2 Å². The van der Waals surface area contributed by atoms with Gasteiger partial charge in [-0.3, -0.25) is 4.79 Å². The third kappa shape index (κ3) is 2.74. The lowest BCUT2D eigenvalue weighted by molar-refractivity contribution is 0.0776. The van der Waals surface area contributed by atoms with Crippen molar-refractivity contribution < 1.29 is 9.18 Å². The van der Waals surface area contributed by atoms with E-state index in [1.165, 1.54) is 31.5 Å². The van der Waals surface area contributed by atoms with E-state index in [4.69, 9.17) is 0 Å². The van der Waals surface area contributed by atoms with Crippen LogP contribution < -0.4 is 5.32 Å². The summed E-state index contributed by atoms with van der Waals surface area (Å²) in [5.41, 5.74) is 0.142. The largest absolute Gasteiger partial charge is 0.368 e. The highest BCUT2D eigenvalue weighted by molar-refractivity contribution is 5.95. The minimum absolute atomic E-state index is 0.142. The third-order valence-electron chi connectivity index (χ3n) is 4.68. The lowest BCUT2D eigenvalue weighted by atomic mass is 10.0. The highest BCUT2D eigenvalue weighted by atomic mass is 19.1. The Kier molecular flexibility index (Phi) is 4.08. The summed E-state index contributed by atoms with van der Waals surface area (Å²) < 4.78 is 14.4. The summed E-state index contributed by atoms with van der Waals surface area (Å²) in [6.07, 6.45) is 6.07. The molecule has 0 radical (unpaired) electrons. The summed E-state index contributed by atoms with van der Waals surface area (Å²) in [5.74, 6) is 0.715. The van der Waals surface area contributed by atoms with Crippen molar-refractivity contribution in [2.24, 2.45) is 11.8 Å². The molecule has 1 aromatic heterocycles. The van der Waals surface area contributed by atoms with E-state index in [1.807, 2.05) is 11.8 Å². The maximum absolute atomic E-state index is 14.4. The monoisotopic (exact) mass is 291 g/mol. The maximum Gasteiger partial charge on any atom is 0.257 e. The predicted octanol–water partition coefficient (Wildman–Crippen LogP) is 2.91. The quantitative estimate of drug-likeness (QED) is 0.927. The number of fused-ring (bicyclic) bond motifs is 1. The smallest absolute Gasteiger partial charge is 0.257 e. The van der Waals surface area contributed by atoms with Crippen LogP contribution in [0.15, 0.2) is 12.3 Å². The summed E-state index contributed by atoms with van der Waals surface area (Å²) >= 11 is 0. The number of rotatable bonds is 4. The number of carbonyl (C=O) groups excluding carboxylic acids is 1. The van der Waals surface area contributed by atoms with Crippen LogP contribution in [0.25, 0.3) is 0 Å². The topological polar surface area (TPSA) is 45.2 Å². The minimum Gasteiger partial charge on any atom is -0.368 e. The molecule has 3 rings (SSSR count). The molecule has 2 unspecified atom stereocenters. The van der Waals surface area contributed by atoms with E-state index in [0.717, 1.165) is 19.5 Å². The van der Waals surface area contributed by atoms with Gasteiger partial charge in [0.1, 0.15) is 0 Å². The Morgan fingerprint density at radius 2 is 2.14 bits per heavy atom. The molecule has 1 aliphatic carbocycles. The van der Waals surface area contributed by atoms with E-state index >= 15 is 0 Å². The molecule has 21 heavy (non-hydrogen) atoms. The second-order valence-corrected chi connectivity index (χ2v) is 6.11. The Bertz CT molecular complexity index is 522. The van der Waals surface area contributed by atoms with Gasteiger partial charge in [0.05, 0.1) is 5.56 Å². The van der Waals surface area contributed by atoms with E-state index in [9.17, 15) is 9.18 Å². The zero-order valence-corrected chi connectivity index (χ0v) is 12.4. The van der Waals surface area contributed by atoms with Crippen LogP contribution in [-0.4, -0.2) is 35.4 Å². The van der Waals surface area contributed by atoms with Crippen molar-refractivity contribution in [3.05, 3.63) is 23.6 Å². The first-order valence-corrected chi connectivity index (χ1v) is 7.88. The molecule has 1 aromatic rings. The Hall–Kier alpha value is -1.65. The van der Waals surface area contributed by atoms with E-state index in [2.05, 4.69) is 10.3 Å². The van der Waals surface area contributed by atoms with Crippen molar-refractivity contribution in [3.8, 4) is 0 Å². The summed E-state index contributed by atoms with van der Waals surface area (Å²) in [6, 6.07) is 1.49. The van der Waals surface area contributed by atoms with Gasteiger partial charge >= 0.3 is 0 Å². The number of likely N-dealkylation sites (tertiary alicyclic amines) is 1. The molecule has 1 N–H and O–H groups in total. The van der Waals surface area contributed by atoms with Crippen molar-refractivity contribution in [2.45, 2.75) is 32.6 Å². The maximum atomic E-state index is 14.4. The summed E-state index contributed by atoms with van der Waals surface area (Å²) in [5, 5.41) is 2.93. The first-order valence-electron chi connectivity index (χ1n) is 7.88. The number of hydrogen-bond acceptors (Lipinski definition) is 3. The van der Waals surface area contributed by atoms with Crippen molar-refractivity contribution in [2.75, 3.05) is 25.0 Å². The van der Waals surface area contributed by atoms with Crippen LogP contribution in [0.1, 0.15) is 43.0 Å². The molecule has 0 aromatic carbocycles. The molecule has 1 saturated carbocycles. The molecule has 1 aliphatic heterocycles. The minimum atomic E-state index is -0.520. The standard InChI is InChI=1S/C16H22FN3O/c1-2-7-18-15-14(17)13(6-8-19-15)16(21)20-9-11-4-3-5-12(11)10-20/h6,8,11-12H,2-5,7,9-10H2,1H3,(H,18,19). The van der Waals surface area contributed by atoms with Crippen molar-refractivity contribution in [1.82, 2.24) is 9.88 Å². The number of nitrogens with zero attached hydrogens (tertiary/aromatic N) is 2. The Labute approximate surface area is 124 Å². The summed E-state index contributed by atoms with van der Waals surface area (Å²) in [7, 11) is 0. The van der Waals surface area contributed by atoms with Gasteiger partial charge in [0.2, 0.25) is 0 Å². The number of hydrogen-bond donors (Lipinski definition) is 1. The molecule has 0 bridgehead atoms. The van der Waals surface area contributed by atoms with Gasteiger partial charge < -0.3 is 10.2 Å². The first-order chi connectivity index (χ1) is 10.2. The fourth-order valence-electron chi connectivity index (χ4n) is 3.55. The van der Waals surface area contributed by atoms with Gasteiger partial charge in [-0.25, -0.2) is 9.37 Å². The second kappa shape index (κ2) is 6.00. The lowest BCUT2D eigenvalue weighted by Crippen LogP contribution is -2.30. The highest BCUT2D eigenvalue weighted by Gasteiger charge is 2.38. The molecule has 114 valence electrons. The summed E-state index contributed by atoms with van der Waals surface area (Å²) in [6.45, 7) is 4.21. The number of nitrogens with one attached hydrogen (secondary N) is 1. The Balaban J connectivity index is 1.75. The van der Waals surface area contributed by atoms with Gasteiger partial charge in [0.25, 0.3) is 5.91 Å². The van der Waals surface area contributed by atoms with Gasteiger partial charge in [-0.2, -0.15) is 0 Å². The normalized spacial score (nSPS) is 24.2. The van der Waals surface area contributed by atoms with Gasteiger partial charge in [-0.15, -0.1) is 0 Å². The average Bonchev–Trinajstić information content (AvgIpc) is 3.06. The van der Waals surface area contributed by atoms with Crippen LogP contribution in [0.5, 0.6) is 0 Å². The Morgan fingerprint density at radius 3 is 2.81 bits per heavy atom. The van der Waals surface area contributed by atoms with Crippen molar-refractivity contribution >= 4 is 11.7 Å². The zero-order chi connectivity index (χ0) is 14.8. The number of aromatic nitrogens is 1. The van der Waals surface area contributed by atoms with Gasteiger partial charge in [-0.05, 0) is 37.2 Å². The van der Waals surface area contributed by atoms with E-state index in [1.54, 1.807) is 0 Å². The van der Waals surface area contributed by atoms with E-state index in [0.29, 0.717) is 18.4 Å². The molecular weight excluding hydrogens is 269 g/mol. The number of anilines is 1. The van der Waals surface area contributed by atoms with Crippen LogP contribution in [0.3, 0.4) is 0 Å². The van der Waals surface area contributed by atoms with Crippen LogP contribution in [0.2, 0.25) is 0 Å². The summed E-state index contributed by atoms with van der Waals surface area (Å²) in [4.78, 5) is 18.4. The fraction of sp³-hybridized carbons (Fsp3) is 0.625.